The Hall–Kier alpha value is -4.27. The molecule has 1 atom stereocenters. The maximum atomic E-state index is 15.0. The molecule has 1 N–H and O–H groups in total. The van der Waals surface area contributed by atoms with Crippen LogP contribution in [0, 0.1) is 5.82 Å². The number of ether oxygens (including phenoxy) is 1. The number of rotatable bonds is 5. The summed E-state index contributed by atoms with van der Waals surface area (Å²) in [5.41, 5.74) is 2.98. The van der Waals surface area contributed by atoms with Gasteiger partial charge in [0.2, 0.25) is 5.91 Å². The number of nitrogens with zero attached hydrogens (tertiary/aromatic N) is 4. The molecular weight excluding hydrogens is 425 g/mol. The fourth-order valence-electron chi connectivity index (χ4n) is 3.76. The van der Waals surface area contributed by atoms with Crippen molar-refractivity contribution in [1.29, 1.82) is 0 Å². The molecule has 1 fully saturated rings. The smallest absolute Gasteiger partial charge is 0.414 e. The molecule has 166 valence electrons. The molecule has 2 aromatic heterocycles. The summed E-state index contributed by atoms with van der Waals surface area (Å²) < 4.78 is 21.7. The lowest BCUT2D eigenvalue weighted by molar-refractivity contribution is -0.119. The molecule has 2 amide bonds. The molecule has 0 bridgehead atoms. The molecule has 2 aromatic carbocycles. The second-order valence-corrected chi connectivity index (χ2v) is 7.75. The van der Waals surface area contributed by atoms with Gasteiger partial charge < -0.3 is 10.1 Å². The van der Waals surface area contributed by atoms with Gasteiger partial charge in [-0.1, -0.05) is 24.3 Å². The maximum Gasteiger partial charge on any atom is 0.414 e. The Morgan fingerprint density at radius 1 is 1.21 bits per heavy atom. The van der Waals surface area contributed by atoms with Crippen LogP contribution in [0.2, 0.25) is 0 Å². The Morgan fingerprint density at radius 2 is 2.06 bits per heavy atom. The van der Waals surface area contributed by atoms with Crippen LogP contribution in [0.5, 0.6) is 0 Å². The maximum absolute atomic E-state index is 15.0. The van der Waals surface area contributed by atoms with Crippen molar-refractivity contribution in [2.45, 2.75) is 13.0 Å². The monoisotopic (exact) mass is 445 g/mol. The Bertz CT molecular complexity index is 1370. The molecule has 8 nitrogen and oxygen atoms in total. The van der Waals surface area contributed by atoms with E-state index < -0.39 is 18.0 Å². The first-order valence-corrected chi connectivity index (χ1v) is 10.4. The highest BCUT2D eigenvalue weighted by Crippen LogP contribution is 2.27. The number of aromatic nitrogens is 3. The number of amides is 2. The van der Waals surface area contributed by atoms with Gasteiger partial charge in [-0.25, -0.2) is 18.9 Å². The molecule has 4 aromatic rings. The fourth-order valence-corrected chi connectivity index (χ4v) is 3.76. The summed E-state index contributed by atoms with van der Waals surface area (Å²) in [6.07, 6.45) is 2.27. The molecule has 0 spiro atoms. The SMILES string of the molecule is CC(=O)NC[C@H]1CN(c2ccc(-n3cc(-c4ccc5ccccc5n4)cn3)c(F)c2)C(=O)O1. The predicted molar refractivity (Wildman–Crippen MR) is 121 cm³/mol. The molecule has 3 heterocycles. The van der Waals surface area contributed by atoms with Crippen LogP contribution < -0.4 is 10.2 Å². The van der Waals surface area contributed by atoms with E-state index in [1.165, 1.54) is 22.6 Å². The minimum Gasteiger partial charge on any atom is -0.442 e. The quantitative estimate of drug-likeness (QED) is 0.506. The van der Waals surface area contributed by atoms with Gasteiger partial charge in [-0.15, -0.1) is 0 Å². The molecular formula is C24H20FN5O3. The second kappa shape index (κ2) is 8.34. The van der Waals surface area contributed by atoms with E-state index in [2.05, 4.69) is 15.4 Å². The van der Waals surface area contributed by atoms with Crippen LogP contribution in [0.3, 0.4) is 0 Å². The molecule has 33 heavy (non-hydrogen) atoms. The zero-order valence-electron chi connectivity index (χ0n) is 17.7. The van der Waals surface area contributed by atoms with E-state index in [0.29, 0.717) is 5.69 Å². The van der Waals surface area contributed by atoms with Crippen molar-refractivity contribution in [2.24, 2.45) is 0 Å². The lowest BCUT2D eigenvalue weighted by atomic mass is 10.1. The number of fused-ring (bicyclic) bond motifs is 1. The Labute approximate surface area is 188 Å². The molecule has 5 rings (SSSR count). The Kier molecular flexibility index (Phi) is 5.21. The van der Waals surface area contributed by atoms with Crippen LogP contribution in [0.1, 0.15) is 6.92 Å². The third-order valence-electron chi connectivity index (χ3n) is 5.42. The number of benzene rings is 2. The standard InChI is InChI=1S/C24H20FN5O3/c1-15(31)26-12-19-14-29(24(32)33-19)18-7-9-23(20(25)10-18)30-13-17(11-27-30)22-8-6-16-4-2-3-5-21(16)28-22/h2-11,13,19H,12,14H2,1H3,(H,26,31)/t19-/m0/s1. The van der Waals surface area contributed by atoms with Gasteiger partial charge >= 0.3 is 6.09 Å². The minimum atomic E-state index is -0.582. The van der Waals surface area contributed by atoms with Gasteiger partial charge in [0.1, 0.15) is 11.8 Å². The molecule has 1 saturated heterocycles. The van der Waals surface area contributed by atoms with E-state index in [1.54, 1.807) is 24.5 Å². The first-order chi connectivity index (χ1) is 16.0. The van der Waals surface area contributed by atoms with E-state index in [-0.39, 0.29) is 24.7 Å². The van der Waals surface area contributed by atoms with Crippen LogP contribution >= 0.6 is 0 Å². The number of carbonyl (C=O) groups excluding carboxylic acids is 2. The van der Waals surface area contributed by atoms with Crippen LogP contribution in [0.15, 0.2) is 67.0 Å². The average Bonchev–Trinajstić information content (AvgIpc) is 3.44. The number of carbonyl (C=O) groups is 2. The number of cyclic esters (lactones) is 1. The summed E-state index contributed by atoms with van der Waals surface area (Å²) in [5, 5.41) is 7.94. The highest BCUT2D eigenvalue weighted by Gasteiger charge is 2.32. The summed E-state index contributed by atoms with van der Waals surface area (Å²) in [6, 6.07) is 16.2. The highest BCUT2D eigenvalue weighted by atomic mass is 19.1. The molecule has 0 saturated carbocycles. The number of nitrogens with one attached hydrogen (secondary N) is 1. The van der Waals surface area contributed by atoms with E-state index in [4.69, 9.17) is 4.74 Å². The first-order valence-electron chi connectivity index (χ1n) is 10.4. The van der Waals surface area contributed by atoms with Crippen LogP contribution in [0.4, 0.5) is 14.9 Å². The molecule has 1 aliphatic rings. The van der Waals surface area contributed by atoms with Crippen LogP contribution in [-0.4, -0.2) is 46.0 Å². The van der Waals surface area contributed by atoms with Gasteiger partial charge in [0.05, 0.1) is 36.2 Å². The summed E-state index contributed by atoms with van der Waals surface area (Å²) in [4.78, 5) is 29.3. The number of anilines is 1. The number of halogens is 1. The van der Waals surface area contributed by atoms with Crippen molar-refractivity contribution >= 4 is 28.6 Å². The van der Waals surface area contributed by atoms with Crippen LogP contribution in [0.25, 0.3) is 27.8 Å². The van der Waals surface area contributed by atoms with Crippen molar-refractivity contribution < 1.29 is 18.7 Å². The zero-order chi connectivity index (χ0) is 22.9. The van der Waals surface area contributed by atoms with Crippen molar-refractivity contribution in [3.8, 4) is 16.9 Å². The first kappa shape index (κ1) is 20.6. The zero-order valence-corrected chi connectivity index (χ0v) is 17.7. The minimum absolute atomic E-state index is 0.205. The molecule has 0 unspecified atom stereocenters. The third kappa shape index (κ3) is 4.12. The van der Waals surface area contributed by atoms with E-state index in [9.17, 15) is 14.0 Å². The van der Waals surface area contributed by atoms with Crippen molar-refractivity contribution in [2.75, 3.05) is 18.0 Å². The Balaban J connectivity index is 1.36. The van der Waals surface area contributed by atoms with E-state index in [1.807, 2.05) is 36.4 Å². The van der Waals surface area contributed by atoms with Gasteiger partial charge in [0.15, 0.2) is 5.82 Å². The number of hydrogen-bond acceptors (Lipinski definition) is 5. The topological polar surface area (TPSA) is 89.4 Å². The van der Waals surface area contributed by atoms with Crippen LogP contribution in [-0.2, 0) is 9.53 Å². The summed E-state index contributed by atoms with van der Waals surface area (Å²) in [7, 11) is 0. The van der Waals surface area contributed by atoms with Gasteiger partial charge in [-0.3, -0.25) is 9.69 Å². The van der Waals surface area contributed by atoms with Gasteiger partial charge in [0.25, 0.3) is 0 Å². The lowest BCUT2D eigenvalue weighted by Gasteiger charge is -2.14. The predicted octanol–water partition coefficient (Wildman–Crippen LogP) is 3.69. The number of hydrogen-bond donors (Lipinski definition) is 1. The summed E-state index contributed by atoms with van der Waals surface area (Å²) >= 11 is 0. The second-order valence-electron chi connectivity index (χ2n) is 7.75. The normalized spacial score (nSPS) is 15.6. The Morgan fingerprint density at radius 3 is 2.88 bits per heavy atom. The summed E-state index contributed by atoms with van der Waals surface area (Å²) in [5.74, 6) is -0.746. The van der Waals surface area contributed by atoms with Gasteiger partial charge in [-0.05, 0) is 30.3 Å². The third-order valence-corrected chi connectivity index (χ3v) is 5.42. The number of pyridine rings is 1. The van der Waals surface area contributed by atoms with Gasteiger partial charge in [-0.2, -0.15) is 5.10 Å². The van der Waals surface area contributed by atoms with E-state index >= 15 is 0 Å². The highest BCUT2D eigenvalue weighted by molar-refractivity contribution is 5.90. The summed E-state index contributed by atoms with van der Waals surface area (Å²) in [6.45, 7) is 1.81. The van der Waals surface area contributed by atoms with E-state index in [0.717, 1.165) is 22.2 Å². The van der Waals surface area contributed by atoms with Gasteiger partial charge in [0, 0.05) is 24.1 Å². The lowest BCUT2D eigenvalue weighted by Crippen LogP contribution is -2.33. The van der Waals surface area contributed by atoms with Crippen molar-refractivity contribution in [3.63, 3.8) is 0 Å². The average molecular weight is 445 g/mol. The molecule has 1 aliphatic heterocycles. The van der Waals surface area contributed by atoms with Crippen molar-refractivity contribution in [3.05, 3.63) is 72.8 Å². The fraction of sp³-hybridized carbons (Fsp3) is 0.167. The largest absolute Gasteiger partial charge is 0.442 e. The number of para-hydroxylation sites is 1. The molecule has 9 heteroatoms. The van der Waals surface area contributed by atoms with Crippen molar-refractivity contribution in [1.82, 2.24) is 20.1 Å². The molecule has 0 aliphatic carbocycles. The molecule has 0 radical (unpaired) electrons.